The van der Waals surface area contributed by atoms with Crippen LogP contribution in [-0.2, 0) is 16.0 Å². The molecule has 8 nitrogen and oxygen atoms in total. The predicted octanol–water partition coefficient (Wildman–Crippen LogP) is 3.19. The zero-order valence-corrected chi connectivity index (χ0v) is 19.5. The van der Waals surface area contributed by atoms with Crippen LogP contribution in [0.2, 0.25) is 0 Å². The highest BCUT2D eigenvalue weighted by atomic mass is 32.2. The number of benzene rings is 2. The molecule has 32 heavy (non-hydrogen) atoms. The Hall–Kier alpha value is -3.07. The van der Waals surface area contributed by atoms with Gasteiger partial charge in [-0.15, -0.1) is 11.8 Å². The van der Waals surface area contributed by atoms with Gasteiger partial charge in [-0.1, -0.05) is 6.07 Å². The first kappa shape index (κ1) is 23.6. The molecule has 0 aromatic heterocycles. The van der Waals surface area contributed by atoms with Crippen LogP contribution in [0.3, 0.4) is 0 Å². The second kappa shape index (κ2) is 11.0. The van der Waals surface area contributed by atoms with Crippen molar-refractivity contribution in [1.29, 1.82) is 0 Å². The average molecular weight is 461 g/mol. The number of amides is 2. The van der Waals surface area contributed by atoms with E-state index in [9.17, 15) is 9.59 Å². The summed E-state index contributed by atoms with van der Waals surface area (Å²) in [5.74, 6) is 3.08. The maximum atomic E-state index is 13.0. The minimum atomic E-state index is -0.512. The number of nitrogens with zero attached hydrogens (tertiary/aromatic N) is 1. The SMILES string of the molecule is COc1ccc(NC(=O)C2CSCN2C(=O)CCc2ccc(OC)c(OC)c2OC)cc1. The van der Waals surface area contributed by atoms with Crippen molar-refractivity contribution in [3.8, 4) is 23.0 Å². The number of carbonyl (C=O) groups is 2. The summed E-state index contributed by atoms with van der Waals surface area (Å²) in [6.45, 7) is 0. The van der Waals surface area contributed by atoms with Crippen LogP contribution in [0.25, 0.3) is 0 Å². The van der Waals surface area contributed by atoms with Crippen LogP contribution in [0, 0.1) is 0 Å². The summed E-state index contributed by atoms with van der Waals surface area (Å²) >= 11 is 1.57. The summed E-state index contributed by atoms with van der Waals surface area (Å²) in [5, 5.41) is 2.89. The summed E-state index contributed by atoms with van der Waals surface area (Å²) in [6, 6.07) is 10.2. The van der Waals surface area contributed by atoms with Crippen LogP contribution in [0.1, 0.15) is 12.0 Å². The van der Waals surface area contributed by atoms with Crippen LogP contribution >= 0.6 is 11.8 Å². The highest BCUT2D eigenvalue weighted by Gasteiger charge is 2.34. The number of thioether (sulfide) groups is 1. The van der Waals surface area contributed by atoms with Gasteiger partial charge in [-0.25, -0.2) is 0 Å². The third-order valence-electron chi connectivity index (χ3n) is 5.26. The third-order valence-corrected chi connectivity index (χ3v) is 6.27. The summed E-state index contributed by atoms with van der Waals surface area (Å²) in [6.07, 6.45) is 0.703. The zero-order chi connectivity index (χ0) is 23.1. The molecule has 2 aromatic carbocycles. The maximum absolute atomic E-state index is 13.0. The standard InChI is InChI=1S/C23H28N2O6S/c1-28-17-9-7-16(8-10-17)24-23(27)18-13-32-14-25(18)20(26)12-6-15-5-11-19(29-2)22(31-4)21(15)30-3/h5,7-11,18H,6,12-14H2,1-4H3,(H,24,27). The van der Waals surface area contributed by atoms with Gasteiger partial charge in [-0.05, 0) is 42.3 Å². The second-order valence-corrected chi connectivity index (χ2v) is 8.09. The van der Waals surface area contributed by atoms with Crippen molar-refractivity contribution in [2.45, 2.75) is 18.9 Å². The number of ether oxygens (including phenoxy) is 4. The van der Waals surface area contributed by atoms with Crippen molar-refractivity contribution in [2.75, 3.05) is 45.4 Å². The summed E-state index contributed by atoms with van der Waals surface area (Å²) < 4.78 is 21.4. The minimum absolute atomic E-state index is 0.0817. The Morgan fingerprint density at radius 3 is 2.31 bits per heavy atom. The van der Waals surface area contributed by atoms with E-state index < -0.39 is 6.04 Å². The van der Waals surface area contributed by atoms with Crippen molar-refractivity contribution in [2.24, 2.45) is 0 Å². The van der Waals surface area contributed by atoms with E-state index in [-0.39, 0.29) is 18.2 Å². The van der Waals surface area contributed by atoms with E-state index in [1.165, 1.54) is 0 Å². The average Bonchev–Trinajstić information content (AvgIpc) is 3.32. The van der Waals surface area contributed by atoms with Gasteiger partial charge in [0, 0.05) is 17.9 Å². The summed E-state index contributed by atoms with van der Waals surface area (Å²) in [7, 11) is 6.25. The molecular formula is C23H28N2O6S. The fourth-order valence-corrected chi connectivity index (χ4v) is 4.73. The van der Waals surface area contributed by atoms with Crippen LogP contribution in [0.5, 0.6) is 23.0 Å². The van der Waals surface area contributed by atoms with Crippen molar-refractivity contribution >= 4 is 29.3 Å². The molecule has 1 unspecified atom stereocenters. The number of carbonyl (C=O) groups excluding carboxylic acids is 2. The lowest BCUT2D eigenvalue weighted by atomic mass is 10.1. The molecule has 0 saturated carbocycles. The van der Waals surface area contributed by atoms with E-state index in [1.807, 2.05) is 6.07 Å². The Labute approximate surface area is 192 Å². The summed E-state index contributed by atoms with van der Waals surface area (Å²) in [5.41, 5.74) is 1.50. The molecule has 1 saturated heterocycles. The number of anilines is 1. The molecule has 1 atom stereocenters. The highest BCUT2D eigenvalue weighted by Crippen LogP contribution is 2.40. The van der Waals surface area contributed by atoms with Gasteiger partial charge >= 0.3 is 0 Å². The number of hydrogen-bond acceptors (Lipinski definition) is 7. The fraction of sp³-hybridized carbons (Fsp3) is 0.391. The van der Waals surface area contributed by atoms with E-state index in [0.29, 0.717) is 46.7 Å². The van der Waals surface area contributed by atoms with Crippen LogP contribution < -0.4 is 24.3 Å². The fourth-order valence-electron chi connectivity index (χ4n) is 3.55. The molecule has 1 aliphatic rings. The normalized spacial score (nSPS) is 15.2. The molecule has 1 aliphatic heterocycles. The van der Waals surface area contributed by atoms with E-state index >= 15 is 0 Å². The molecule has 9 heteroatoms. The first-order valence-electron chi connectivity index (χ1n) is 10.1. The van der Waals surface area contributed by atoms with E-state index in [1.54, 1.807) is 75.4 Å². The lowest BCUT2D eigenvalue weighted by Crippen LogP contribution is -2.44. The first-order chi connectivity index (χ1) is 15.5. The van der Waals surface area contributed by atoms with Gasteiger partial charge in [0.2, 0.25) is 17.6 Å². The Morgan fingerprint density at radius 2 is 1.69 bits per heavy atom. The monoisotopic (exact) mass is 460 g/mol. The summed E-state index contributed by atoms with van der Waals surface area (Å²) in [4.78, 5) is 27.4. The van der Waals surface area contributed by atoms with Gasteiger partial charge < -0.3 is 29.2 Å². The number of nitrogens with one attached hydrogen (secondary N) is 1. The van der Waals surface area contributed by atoms with Crippen molar-refractivity contribution in [3.63, 3.8) is 0 Å². The molecule has 0 bridgehead atoms. The number of aryl methyl sites for hydroxylation is 1. The van der Waals surface area contributed by atoms with Gasteiger partial charge in [0.25, 0.3) is 0 Å². The third kappa shape index (κ3) is 5.21. The Bertz CT molecular complexity index is 950. The van der Waals surface area contributed by atoms with Gasteiger partial charge in [-0.3, -0.25) is 9.59 Å². The van der Waals surface area contributed by atoms with Crippen molar-refractivity contribution in [1.82, 2.24) is 4.90 Å². The number of rotatable bonds is 9. The Balaban J connectivity index is 1.65. The van der Waals surface area contributed by atoms with Crippen molar-refractivity contribution < 1.29 is 28.5 Å². The van der Waals surface area contributed by atoms with E-state index in [2.05, 4.69) is 5.32 Å². The number of methoxy groups -OCH3 is 4. The van der Waals surface area contributed by atoms with Crippen LogP contribution in [-0.4, -0.2) is 62.8 Å². The molecule has 172 valence electrons. The molecule has 2 aromatic rings. The van der Waals surface area contributed by atoms with Crippen LogP contribution in [0.4, 0.5) is 5.69 Å². The number of hydrogen-bond donors (Lipinski definition) is 1. The minimum Gasteiger partial charge on any atom is -0.497 e. The first-order valence-corrected chi connectivity index (χ1v) is 11.3. The van der Waals surface area contributed by atoms with Gasteiger partial charge in [0.15, 0.2) is 11.5 Å². The highest BCUT2D eigenvalue weighted by molar-refractivity contribution is 7.99. The molecule has 1 heterocycles. The maximum Gasteiger partial charge on any atom is 0.248 e. The van der Waals surface area contributed by atoms with Gasteiger partial charge in [-0.2, -0.15) is 0 Å². The molecule has 0 spiro atoms. The molecule has 0 radical (unpaired) electrons. The molecule has 3 rings (SSSR count). The molecule has 2 amide bonds. The second-order valence-electron chi connectivity index (χ2n) is 7.09. The molecule has 1 N–H and O–H groups in total. The topological polar surface area (TPSA) is 86.3 Å². The lowest BCUT2D eigenvalue weighted by molar-refractivity contribution is -0.136. The molecule has 0 aliphatic carbocycles. The van der Waals surface area contributed by atoms with Crippen LogP contribution in [0.15, 0.2) is 36.4 Å². The zero-order valence-electron chi connectivity index (χ0n) is 18.7. The Kier molecular flexibility index (Phi) is 8.10. The quantitative estimate of drug-likeness (QED) is 0.615. The van der Waals surface area contributed by atoms with Crippen molar-refractivity contribution in [3.05, 3.63) is 42.0 Å². The van der Waals surface area contributed by atoms with Gasteiger partial charge in [0.1, 0.15) is 11.8 Å². The molecule has 1 fully saturated rings. The Morgan fingerprint density at radius 1 is 0.969 bits per heavy atom. The predicted molar refractivity (Wildman–Crippen MR) is 124 cm³/mol. The van der Waals surface area contributed by atoms with E-state index in [4.69, 9.17) is 18.9 Å². The van der Waals surface area contributed by atoms with E-state index in [0.717, 1.165) is 5.56 Å². The largest absolute Gasteiger partial charge is 0.497 e. The van der Waals surface area contributed by atoms with Gasteiger partial charge in [0.05, 0.1) is 34.3 Å². The molecular weight excluding hydrogens is 432 g/mol. The lowest BCUT2D eigenvalue weighted by Gasteiger charge is -2.23. The smallest absolute Gasteiger partial charge is 0.248 e.